The maximum absolute atomic E-state index is 5.51. The second-order valence-corrected chi connectivity index (χ2v) is 3.19. The molecular formula is C8H22N4. The van der Waals surface area contributed by atoms with Crippen LogP contribution in [-0.4, -0.2) is 25.4 Å². The highest BCUT2D eigenvalue weighted by molar-refractivity contribution is 4.55. The van der Waals surface area contributed by atoms with Crippen molar-refractivity contribution >= 4 is 0 Å². The molecule has 74 valence electrons. The zero-order valence-corrected chi connectivity index (χ0v) is 8.14. The van der Waals surface area contributed by atoms with Crippen molar-refractivity contribution in [3.63, 3.8) is 0 Å². The molecule has 0 aromatic carbocycles. The van der Waals surface area contributed by atoms with Gasteiger partial charge in [-0.25, -0.2) is 0 Å². The van der Waals surface area contributed by atoms with Crippen LogP contribution in [-0.2, 0) is 0 Å². The molecular weight excluding hydrogens is 152 g/mol. The molecule has 6 N–H and O–H groups in total. The Bertz CT molecular complexity index is 81.1. The zero-order chi connectivity index (χ0) is 9.40. The van der Waals surface area contributed by atoms with Crippen LogP contribution in [0.3, 0.4) is 0 Å². The van der Waals surface area contributed by atoms with Crippen LogP contribution in [0.5, 0.6) is 0 Å². The van der Waals surface area contributed by atoms with E-state index in [1.807, 2.05) is 13.8 Å². The van der Waals surface area contributed by atoms with Crippen molar-refractivity contribution in [1.82, 2.24) is 10.6 Å². The summed E-state index contributed by atoms with van der Waals surface area (Å²) in [6.07, 6.45) is 2.49. The minimum Gasteiger partial charge on any atom is -0.316 e. The summed E-state index contributed by atoms with van der Waals surface area (Å²) >= 11 is 0. The van der Waals surface area contributed by atoms with Crippen LogP contribution in [0.15, 0.2) is 0 Å². The van der Waals surface area contributed by atoms with E-state index in [4.69, 9.17) is 11.5 Å². The number of nitrogens with two attached hydrogens (primary N) is 2. The fourth-order valence-corrected chi connectivity index (χ4v) is 0.909. The van der Waals surface area contributed by atoms with Crippen molar-refractivity contribution < 1.29 is 0 Å². The molecule has 0 radical (unpaired) electrons. The van der Waals surface area contributed by atoms with Gasteiger partial charge in [0.2, 0.25) is 0 Å². The van der Waals surface area contributed by atoms with Crippen LogP contribution < -0.4 is 22.1 Å². The van der Waals surface area contributed by atoms with E-state index in [9.17, 15) is 0 Å². The molecule has 0 aromatic heterocycles. The first-order valence-electron chi connectivity index (χ1n) is 4.61. The van der Waals surface area contributed by atoms with Crippen LogP contribution in [0.2, 0.25) is 0 Å². The quantitative estimate of drug-likeness (QED) is 0.312. The van der Waals surface area contributed by atoms with E-state index in [1.165, 1.54) is 0 Å². The third kappa shape index (κ3) is 9.84. The van der Waals surface area contributed by atoms with Gasteiger partial charge in [-0.3, -0.25) is 0 Å². The van der Waals surface area contributed by atoms with Gasteiger partial charge in [-0.15, -0.1) is 0 Å². The van der Waals surface area contributed by atoms with Gasteiger partial charge in [-0.05, 0) is 39.8 Å². The topological polar surface area (TPSA) is 76.1 Å². The first-order chi connectivity index (χ1) is 5.63. The molecule has 0 rings (SSSR count). The molecule has 4 nitrogen and oxygen atoms in total. The molecule has 2 unspecified atom stereocenters. The molecule has 0 bridgehead atoms. The third-order valence-electron chi connectivity index (χ3n) is 1.54. The highest BCUT2D eigenvalue weighted by atomic mass is 15.0. The van der Waals surface area contributed by atoms with Gasteiger partial charge in [0.15, 0.2) is 0 Å². The fraction of sp³-hybridized carbons (Fsp3) is 1.00. The molecule has 0 amide bonds. The van der Waals surface area contributed by atoms with E-state index in [0.29, 0.717) is 0 Å². The number of unbranched alkanes of at least 4 members (excludes halogenated alkanes) is 1. The Morgan fingerprint density at radius 3 is 1.50 bits per heavy atom. The van der Waals surface area contributed by atoms with E-state index in [1.54, 1.807) is 0 Å². The Labute approximate surface area is 75.1 Å². The Morgan fingerprint density at radius 2 is 1.25 bits per heavy atom. The summed E-state index contributed by atoms with van der Waals surface area (Å²) in [5.41, 5.74) is 11.0. The van der Waals surface area contributed by atoms with E-state index < -0.39 is 0 Å². The molecule has 0 aliphatic rings. The molecule has 0 aromatic rings. The lowest BCUT2D eigenvalue weighted by molar-refractivity contribution is 0.506. The SMILES string of the molecule is CC(N)NCCCCNC(C)N. The molecule has 0 spiro atoms. The van der Waals surface area contributed by atoms with Crippen LogP contribution in [0, 0.1) is 0 Å². The van der Waals surface area contributed by atoms with Gasteiger partial charge in [0.05, 0.1) is 12.3 Å². The van der Waals surface area contributed by atoms with Gasteiger partial charge in [-0.1, -0.05) is 0 Å². The lowest BCUT2D eigenvalue weighted by Gasteiger charge is -2.09. The van der Waals surface area contributed by atoms with Gasteiger partial charge in [0, 0.05) is 0 Å². The third-order valence-corrected chi connectivity index (χ3v) is 1.54. The van der Waals surface area contributed by atoms with Gasteiger partial charge in [0.1, 0.15) is 0 Å². The monoisotopic (exact) mass is 174 g/mol. The van der Waals surface area contributed by atoms with Crippen molar-refractivity contribution in [1.29, 1.82) is 0 Å². The summed E-state index contributed by atoms with van der Waals surface area (Å²) in [6.45, 7) is 5.86. The summed E-state index contributed by atoms with van der Waals surface area (Å²) in [5, 5.41) is 6.30. The van der Waals surface area contributed by atoms with Crippen LogP contribution in [0.25, 0.3) is 0 Å². The van der Waals surface area contributed by atoms with Gasteiger partial charge < -0.3 is 22.1 Å². The lowest BCUT2D eigenvalue weighted by atomic mass is 10.3. The number of rotatable bonds is 7. The first-order valence-corrected chi connectivity index (χ1v) is 4.61. The molecule has 12 heavy (non-hydrogen) atoms. The summed E-state index contributed by atoms with van der Waals surface area (Å²) in [5.74, 6) is 0. The van der Waals surface area contributed by atoms with Crippen LogP contribution in [0.4, 0.5) is 0 Å². The average molecular weight is 174 g/mol. The average Bonchev–Trinajstić information content (AvgIpc) is 1.95. The minimum atomic E-state index is 0.103. The van der Waals surface area contributed by atoms with E-state index in [-0.39, 0.29) is 12.3 Å². The standard InChI is InChI=1S/C8H22N4/c1-7(9)11-5-3-4-6-12-8(2)10/h7-8,11-12H,3-6,9-10H2,1-2H3. The van der Waals surface area contributed by atoms with Crippen molar-refractivity contribution in [2.24, 2.45) is 11.5 Å². The smallest absolute Gasteiger partial charge is 0.0517 e. The normalized spacial score (nSPS) is 16.0. The summed E-state index contributed by atoms with van der Waals surface area (Å²) < 4.78 is 0. The lowest BCUT2D eigenvalue weighted by Crippen LogP contribution is -2.36. The van der Waals surface area contributed by atoms with Crippen molar-refractivity contribution in [2.45, 2.75) is 39.0 Å². The maximum atomic E-state index is 5.51. The minimum absolute atomic E-state index is 0.103. The largest absolute Gasteiger partial charge is 0.316 e. The Kier molecular flexibility index (Phi) is 7.39. The summed E-state index contributed by atoms with van der Waals surface area (Å²) in [4.78, 5) is 0. The molecule has 0 saturated carbocycles. The summed E-state index contributed by atoms with van der Waals surface area (Å²) in [6, 6.07) is 0. The Hall–Kier alpha value is -0.160. The highest BCUT2D eigenvalue weighted by Gasteiger charge is 1.93. The fourth-order valence-electron chi connectivity index (χ4n) is 0.909. The van der Waals surface area contributed by atoms with Gasteiger partial charge in [-0.2, -0.15) is 0 Å². The second-order valence-electron chi connectivity index (χ2n) is 3.19. The molecule has 0 fully saturated rings. The number of hydrogen-bond acceptors (Lipinski definition) is 4. The van der Waals surface area contributed by atoms with Gasteiger partial charge >= 0.3 is 0 Å². The molecule has 4 heteroatoms. The predicted molar refractivity (Wildman–Crippen MR) is 52.5 cm³/mol. The van der Waals surface area contributed by atoms with Crippen molar-refractivity contribution in [3.05, 3.63) is 0 Å². The van der Waals surface area contributed by atoms with E-state index in [0.717, 1.165) is 25.9 Å². The zero-order valence-electron chi connectivity index (χ0n) is 8.14. The molecule has 0 aliphatic carbocycles. The highest BCUT2D eigenvalue weighted by Crippen LogP contribution is 1.85. The van der Waals surface area contributed by atoms with Gasteiger partial charge in [0.25, 0.3) is 0 Å². The number of hydrogen-bond donors (Lipinski definition) is 4. The van der Waals surface area contributed by atoms with E-state index in [2.05, 4.69) is 10.6 Å². The Balaban J connectivity index is 2.91. The van der Waals surface area contributed by atoms with Crippen LogP contribution >= 0.6 is 0 Å². The first kappa shape index (κ1) is 11.8. The number of nitrogens with one attached hydrogen (secondary N) is 2. The molecule has 2 atom stereocenters. The van der Waals surface area contributed by atoms with Crippen LogP contribution in [0.1, 0.15) is 26.7 Å². The molecule has 0 aliphatic heterocycles. The molecule has 0 saturated heterocycles. The molecule has 0 heterocycles. The van der Waals surface area contributed by atoms with Crippen molar-refractivity contribution in [2.75, 3.05) is 13.1 Å². The van der Waals surface area contributed by atoms with Crippen molar-refractivity contribution in [3.8, 4) is 0 Å². The maximum Gasteiger partial charge on any atom is 0.0517 e. The second kappa shape index (κ2) is 7.49. The summed E-state index contributed by atoms with van der Waals surface area (Å²) in [7, 11) is 0. The predicted octanol–water partition coefficient (Wildman–Crippen LogP) is -0.445. The Morgan fingerprint density at radius 1 is 0.917 bits per heavy atom. The van der Waals surface area contributed by atoms with E-state index >= 15 is 0 Å².